The molecular formula is C12H10FNO3. The van der Waals surface area contributed by atoms with Gasteiger partial charge in [-0.2, -0.15) is 5.26 Å². The zero-order valence-corrected chi connectivity index (χ0v) is 9.11. The van der Waals surface area contributed by atoms with Crippen molar-refractivity contribution in [3.63, 3.8) is 0 Å². The van der Waals surface area contributed by atoms with Crippen molar-refractivity contribution in [1.82, 2.24) is 0 Å². The second-order valence-electron chi connectivity index (χ2n) is 3.23. The lowest BCUT2D eigenvalue weighted by molar-refractivity contribution is -0.132. The fraction of sp³-hybridized carbons (Fsp3) is 0.167. The maximum absolute atomic E-state index is 13.2. The van der Waals surface area contributed by atoms with Gasteiger partial charge in [0.1, 0.15) is 29.8 Å². The van der Waals surface area contributed by atoms with Gasteiger partial charge in [-0.1, -0.05) is 6.07 Å². The second kappa shape index (κ2) is 5.66. The Labute approximate surface area is 97.6 Å². The average molecular weight is 235 g/mol. The summed E-state index contributed by atoms with van der Waals surface area (Å²) in [6.45, 7) is 1.39. The zero-order chi connectivity index (χ0) is 12.8. The largest absolute Gasteiger partial charge is 0.488 e. The van der Waals surface area contributed by atoms with Crippen molar-refractivity contribution in [2.75, 3.05) is 6.61 Å². The number of aliphatic carboxylic acids is 1. The molecule has 0 unspecified atom stereocenters. The first-order valence-electron chi connectivity index (χ1n) is 4.77. The van der Waals surface area contributed by atoms with Crippen molar-refractivity contribution < 1.29 is 19.0 Å². The van der Waals surface area contributed by atoms with Crippen molar-refractivity contribution in [1.29, 1.82) is 5.26 Å². The van der Waals surface area contributed by atoms with Crippen LogP contribution in [-0.2, 0) is 4.79 Å². The highest BCUT2D eigenvalue weighted by Crippen LogP contribution is 2.20. The molecule has 0 saturated carbocycles. The molecule has 0 aromatic heterocycles. The normalized spacial score (nSPS) is 10.8. The molecule has 0 aliphatic carbocycles. The Kier molecular flexibility index (Phi) is 4.23. The fourth-order valence-electron chi connectivity index (χ4n) is 1.08. The van der Waals surface area contributed by atoms with Crippen LogP contribution in [0.5, 0.6) is 5.75 Å². The molecule has 1 aromatic rings. The molecule has 5 heteroatoms. The van der Waals surface area contributed by atoms with Crippen molar-refractivity contribution in [2.45, 2.75) is 6.92 Å². The molecule has 0 aliphatic heterocycles. The summed E-state index contributed by atoms with van der Waals surface area (Å²) < 4.78 is 18.3. The van der Waals surface area contributed by atoms with Crippen LogP contribution in [0.4, 0.5) is 4.39 Å². The number of rotatable bonds is 4. The van der Waals surface area contributed by atoms with E-state index in [1.54, 1.807) is 6.07 Å². The number of hydrogen-bond acceptors (Lipinski definition) is 3. The van der Waals surface area contributed by atoms with Crippen LogP contribution < -0.4 is 4.74 Å². The number of carbonyl (C=O) groups is 1. The topological polar surface area (TPSA) is 70.3 Å². The maximum atomic E-state index is 13.2. The summed E-state index contributed by atoms with van der Waals surface area (Å²) in [7, 11) is 0. The molecule has 0 spiro atoms. The maximum Gasteiger partial charge on any atom is 0.331 e. The third kappa shape index (κ3) is 3.31. The molecule has 0 radical (unpaired) electrons. The highest BCUT2D eigenvalue weighted by molar-refractivity contribution is 5.85. The minimum absolute atomic E-state index is 0.0315. The van der Waals surface area contributed by atoms with Crippen LogP contribution in [0.1, 0.15) is 12.5 Å². The quantitative estimate of drug-likeness (QED) is 0.811. The predicted octanol–water partition coefficient (Wildman–Crippen LogP) is 2.11. The summed E-state index contributed by atoms with van der Waals surface area (Å²) in [5.41, 5.74) is -0.0613. The van der Waals surface area contributed by atoms with Crippen LogP contribution in [0, 0.1) is 17.1 Å². The smallest absolute Gasteiger partial charge is 0.331 e. The van der Waals surface area contributed by atoms with Gasteiger partial charge in [-0.3, -0.25) is 0 Å². The minimum atomic E-state index is -1.05. The fourth-order valence-corrected chi connectivity index (χ4v) is 1.08. The lowest BCUT2D eigenvalue weighted by Crippen LogP contribution is -2.02. The summed E-state index contributed by atoms with van der Waals surface area (Å²) in [6, 6.07) is 5.71. The van der Waals surface area contributed by atoms with Gasteiger partial charge in [-0.25, -0.2) is 9.18 Å². The van der Waals surface area contributed by atoms with E-state index >= 15 is 0 Å². The van der Waals surface area contributed by atoms with E-state index in [2.05, 4.69) is 0 Å². The Balaban J connectivity index is 2.78. The van der Waals surface area contributed by atoms with Crippen molar-refractivity contribution in [3.8, 4) is 11.8 Å². The first kappa shape index (κ1) is 12.7. The van der Waals surface area contributed by atoms with E-state index in [0.29, 0.717) is 0 Å². The SMILES string of the molecule is CC(=CCOc1cccc(F)c1C#N)C(=O)O. The summed E-state index contributed by atoms with van der Waals surface area (Å²) in [5, 5.41) is 17.3. The standard InChI is InChI=1S/C12H10FNO3/c1-8(12(15)16)5-6-17-11-4-2-3-10(13)9(11)7-14/h2-5H,6H2,1H3,(H,15,16). The van der Waals surface area contributed by atoms with Crippen molar-refractivity contribution >= 4 is 5.97 Å². The van der Waals surface area contributed by atoms with E-state index in [9.17, 15) is 9.18 Å². The summed E-state index contributed by atoms with van der Waals surface area (Å²) in [4.78, 5) is 10.5. The Hall–Kier alpha value is -2.35. The highest BCUT2D eigenvalue weighted by atomic mass is 19.1. The van der Waals surface area contributed by atoms with Crippen LogP contribution in [-0.4, -0.2) is 17.7 Å². The van der Waals surface area contributed by atoms with Gasteiger partial charge in [-0.15, -0.1) is 0 Å². The molecule has 0 atom stereocenters. The van der Waals surface area contributed by atoms with Gasteiger partial charge in [0.15, 0.2) is 0 Å². The zero-order valence-electron chi connectivity index (χ0n) is 9.11. The second-order valence-corrected chi connectivity index (χ2v) is 3.23. The Morgan fingerprint density at radius 3 is 2.94 bits per heavy atom. The lowest BCUT2D eigenvalue weighted by atomic mass is 10.2. The predicted molar refractivity (Wildman–Crippen MR) is 58.0 cm³/mol. The van der Waals surface area contributed by atoms with Crippen LogP contribution in [0.2, 0.25) is 0 Å². The lowest BCUT2D eigenvalue weighted by Gasteiger charge is -2.05. The van der Waals surface area contributed by atoms with Gasteiger partial charge in [-0.05, 0) is 25.1 Å². The molecular weight excluding hydrogens is 225 g/mol. The number of carboxylic acids is 1. The van der Waals surface area contributed by atoms with Crippen LogP contribution >= 0.6 is 0 Å². The number of nitrogens with zero attached hydrogens (tertiary/aromatic N) is 1. The monoisotopic (exact) mass is 235 g/mol. The average Bonchev–Trinajstić information content (AvgIpc) is 2.29. The molecule has 0 fully saturated rings. The van der Waals surface area contributed by atoms with Gasteiger partial charge in [0.2, 0.25) is 0 Å². The highest BCUT2D eigenvalue weighted by Gasteiger charge is 2.08. The van der Waals surface area contributed by atoms with E-state index in [0.717, 1.165) is 6.07 Å². The van der Waals surface area contributed by atoms with Gasteiger partial charge in [0.25, 0.3) is 0 Å². The number of ether oxygens (including phenoxy) is 1. The van der Waals surface area contributed by atoms with Crippen LogP contribution in [0.15, 0.2) is 29.8 Å². The number of benzene rings is 1. The van der Waals surface area contributed by atoms with Gasteiger partial charge < -0.3 is 9.84 Å². The summed E-state index contributed by atoms with van der Waals surface area (Å²) >= 11 is 0. The van der Waals surface area contributed by atoms with E-state index in [-0.39, 0.29) is 23.5 Å². The van der Waals surface area contributed by atoms with Gasteiger partial charge in [0.05, 0.1) is 0 Å². The number of hydrogen-bond donors (Lipinski definition) is 1. The molecule has 0 amide bonds. The Morgan fingerprint density at radius 1 is 1.65 bits per heavy atom. The first-order valence-corrected chi connectivity index (χ1v) is 4.77. The van der Waals surface area contributed by atoms with Gasteiger partial charge in [0, 0.05) is 5.57 Å². The van der Waals surface area contributed by atoms with Crippen molar-refractivity contribution in [2.24, 2.45) is 0 Å². The first-order chi connectivity index (χ1) is 8.06. The minimum Gasteiger partial charge on any atom is -0.488 e. The number of carboxylic acid groups (broad SMARTS) is 1. The third-order valence-electron chi connectivity index (χ3n) is 2.05. The summed E-state index contributed by atoms with van der Waals surface area (Å²) in [5.74, 6) is -1.61. The molecule has 1 rings (SSSR count). The molecule has 0 saturated heterocycles. The van der Waals surface area contributed by atoms with E-state index in [4.69, 9.17) is 15.1 Å². The van der Waals surface area contributed by atoms with E-state index < -0.39 is 11.8 Å². The molecule has 0 bridgehead atoms. The van der Waals surface area contributed by atoms with E-state index in [1.807, 2.05) is 0 Å². The molecule has 1 aromatic carbocycles. The number of halogens is 1. The third-order valence-corrected chi connectivity index (χ3v) is 2.05. The van der Waals surface area contributed by atoms with Gasteiger partial charge >= 0.3 is 5.97 Å². The molecule has 0 aliphatic rings. The van der Waals surface area contributed by atoms with Crippen molar-refractivity contribution in [3.05, 3.63) is 41.2 Å². The van der Waals surface area contributed by atoms with Crippen LogP contribution in [0.3, 0.4) is 0 Å². The molecule has 1 N–H and O–H groups in total. The molecule has 17 heavy (non-hydrogen) atoms. The Bertz CT molecular complexity index is 503. The molecule has 4 nitrogen and oxygen atoms in total. The number of nitriles is 1. The molecule has 88 valence electrons. The summed E-state index contributed by atoms with van der Waals surface area (Å²) in [6.07, 6.45) is 1.34. The Morgan fingerprint density at radius 2 is 2.35 bits per heavy atom. The molecule has 0 heterocycles. The van der Waals surface area contributed by atoms with Crippen LogP contribution in [0.25, 0.3) is 0 Å². The van der Waals surface area contributed by atoms with E-state index in [1.165, 1.54) is 25.1 Å².